The third-order valence-corrected chi connectivity index (χ3v) is 3.67. The van der Waals surface area contributed by atoms with Crippen LogP contribution in [0.3, 0.4) is 0 Å². The van der Waals surface area contributed by atoms with E-state index < -0.39 is 5.41 Å². The first-order valence-corrected chi connectivity index (χ1v) is 7.50. The highest BCUT2D eigenvalue weighted by Gasteiger charge is 2.26. The fourth-order valence-corrected chi connectivity index (χ4v) is 1.74. The summed E-state index contributed by atoms with van der Waals surface area (Å²) in [4.78, 5) is 11.8. The average molecular weight is 306 g/mol. The van der Waals surface area contributed by atoms with Gasteiger partial charge in [0.25, 0.3) is 0 Å². The van der Waals surface area contributed by atoms with Crippen LogP contribution in [0.4, 0.5) is 0 Å². The van der Waals surface area contributed by atoms with Gasteiger partial charge in [0.05, 0.1) is 26.2 Å². The highest BCUT2D eigenvalue weighted by Crippen LogP contribution is 2.28. The van der Waals surface area contributed by atoms with E-state index in [2.05, 4.69) is 0 Å². The molecule has 0 fully saturated rings. The lowest BCUT2D eigenvalue weighted by Crippen LogP contribution is -2.25. The fourth-order valence-electron chi connectivity index (χ4n) is 1.74. The Labute approximate surface area is 133 Å². The summed E-state index contributed by atoms with van der Waals surface area (Å²) in [7, 11) is 3.22. The first kappa shape index (κ1) is 18.1. The zero-order valence-electron chi connectivity index (χ0n) is 14.1. The minimum Gasteiger partial charge on any atom is -0.493 e. The van der Waals surface area contributed by atoms with Crippen LogP contribution in [-0.2, 0) is 9.53 Å². The van der Waals surface area contributed by atoms with Crippen LogP contribution >= 0.6 is 0 Å². The van der Waals surface area contributed by atoms with Crippen molar-refractivity contribution in [2.24, 2.45) is 5.41 Å². The van der Waals surface area contributed by atoms with E-state index in [0.29, 0.717) is 24.5 Å². The molecule has 0 aliphatic rings. The highest BCUT2D eigenvalue weighted by molar-refractivity contribution is 5.75. The van der Waals surface area contributed by atoms with Crippen LogP contribution in [0, 0.1) is 5.41 Å². The van der Waals surface area contributed by atoms with Gasteiger partial charge in [0.2, 0.25) is 0 Å². The lowest BCUT2D eigenvalue weighted by molar-refractivity contribution is -0.153. The van der Waals surface area contributed by atoms with Crippen molar-refractivity contribution in [1.82, 2.24) is 0 Å². The molecule has 4 heteroatoms. The second-order valence-electron chi connectivity index (χ2n) is 5.68. The van der Waals surface area contributed by atoms with E-state index in [0.717, 1.165) is 12.0 Å². The fraction of sp³-hybridized carbons (Fsp3) is 0.500. The number of ether oxygens (including phenoxy) is 3. The van der Waals surface area contributed by atoms with E-state index in [4.69, 9.17) is 14.2 Å². The van der Waals surface area contributed by atoms with Gasteiger partial charge in [-0.05, 0) is 44.4 Å². The minimum atomic E-state index is -0.410. The Morgan fingerprint density at radius 3 is 2.45 bits per heavy atom. The molecule has 122 valence electrons. The minimum absolute atomic E-state index is 0.144. The molecule has 1 aromatic rings. The molecule has 1 rings (SSSR count). The molecule has 0 amide bonds. The Morgan fingerprint density at radius 1 is 1.18 bits per heavy atom. The first-order chi connectivity index (χ1) is 10.4. The predicted octanol–water partition coefficient (Wildman–Crippen LogP) is 4.09. The molecule has 1 aromatic carbocycles. The molecule has 0 spiro atoms. The standard InChI is InChI=1S/C18H26O4/c1-6-18(2,3)17(19)22-12-8-7-9-14-10-11-15(20-4)16(13-14)21-5/h7,9-11,13H,6,8,12H2,1-5H3/b9-7+. The van der Waals surface area contributed by atoms with E-state index in [1.54, 1.807) is 14.2 Å². The lowest BCUT2D eigenvalue weighted by atomic mass is 9.91. The van der Waals surface area contributed by atoms with Gasteiger partial charge in [0.15, 0.2) is 11.5 Å². The number of hydrogen-bond donors (Lipinski definition) is 0. The van der Waals surface area contributed by atoms with Crippen molar-refractivity contribution < 1.29 is 19.0 Å². The maximum Gasteiger partial charge on any atom is 0.311 e. The molecule has 0 saturated carbocycles. The molecule has 0 saturated heterocycles. The first-order valence-electron chi connectivity index (χ1n) is 7.50. The van der Waals surface area contributed by atoms with Gasteiger partial charge >= 0.3 is 5.97 Å². The Kier molecular flexibility index (Phi) is 6.96. The van der Waals surface area contributed by atoms with Crippen molar-refractivity contribution in [2.45, 2.75) is 33.6 Å². The van der Waals surface area contributed by atoms with Gasteiger partial charge in [0, 0.05) is 0 Å². The number of rotatable bonds is 8. The molecule has 0 aliphatic heterocycles. The zero-order valence-corrected chi connectivity index (χ0v) is 14.1. The topological polar surface area (TPSA) is 44.8 Å². The number of carbonyl (C=O) groups is 1. The van der Waals surface area contributed by atoms with Gasteiger partial charge in [-0.3, -0.25) is 4.79 Å². The van der Waals surface area contributed by atoms with E-state index >= 15 is 0 Å². The number of hydrogen-bond acceptors (Lipinski definition) is 4. The average Bonchev–Trinajstić information content (AvgIpc) is 2.53. The summed E-state index contributed by atoms with van der Waals surface area (Å²) in [5, 5.41) is 0. The van der Waals surface area contributed by atoms with Crippen LogP contribution in [0.15, 0.2) is 24.3 Å². The van der Waals surface area contributed by atoms with Crippen LogP contribution in [-0.4, -0.2) is 26.8 Å². The molecule has 0 unspecified atom stereocenters. The summed E-state index contributed by atoms with van der Waals surface area (Å²) in [6.07, 6.45) is 5.40. The molecule has 4 nitrogen and oxygen atoms in total. The molecule has 0 heterocycles. The Balaban J connectivity index is 2.48. The SMILES string of the molecule is CCC(C)(C)C(=O)OCC/C=C/c1ccc(OC)c(OC)c1. The largest absolute Gasteiger partial charge is 0.493 e. The van der Waals surface area contributed by atoms with E-state index in [-0.39, 0.29) is 5.97 Å². The van der Waals surface area contributed by atoms with Crippen LogP contribution in [0.5, 0.6) is 11.5 Å². The molecule has 0 bridgehead atoms. The molecular formula is C18H26O4. The number of benzene rings is 1. The summed E-state index contributed by atoms with van der Waals surface area (Å²) in [6.45, 7) is 6.17. The van der Waals surface area contributed by atoms with Gasteiger partial charge in [-0.15, -0.1) is 0 Å². The molecule has 0 atom stereocenters. The van der Waals surface area contributed by atoms with Gasteiger partial charge in [-0.1, -0.05) is 25.1 Å². The zero-order chi connectivity index (χ0) is 16.6. The summed E-state index contributed by atoms with van der Waals surface area (Å²) in [6, 6.07) is 5.72. The third kappa shape index (κ3) is 5.10. The van der Waals surface area contributed by atoms with E-state index in [1.807, 2.05) is 51.1 Å². The van der Waals surface area contributed by atoms with Crippen LogP contribution in [0.1, 0.15) is 39.2 Å². The lowest BCUT2D eigenvalue weighted by Gasteiger charge is -2.19. The monoisotopic (exact) mass is 306 g/mol. The van der Waals surface area contributed by atoms with Crippen LogP contribution in [0.25, 0.3) is 6.08 Å². The van der Waals surface area contributed by atoms with Gasteiger partial charge < -0.3 is 14.2 Å². The maximum atomic E-state index is 11.8. The summed E-state index contributed by atoms with van der Waals surface area (Å²) in [5.74, 6) is 1.26. The Bertz CT molecular complexity index is 518. The van der Waals surface area contributed by atoms with Gasteiger partial charge in [0.1, 0.15) is 0 Å². The summed E-state index contributed by atoms with van der Waals surface area (Å²) in [5.41, 5.74) is 0.602. The van der Waals surface area contributed by atoms with Crippen molar-refractivity contribution >= 4 is 12.0 Å². The van der Waals surface area contributed by atoms with Crippen LogP contribution in [0.2, 0.25) is 0 Å². The number of methoxy groups -OCH3 is 2. The third-order valence-electron chi connectivity index (χ3n) is 3.67. The smallest absolute Gasteiger partial charge is 0.311 e. The predicted molar refractivity (Wildman–Crippen MR) is 88.2 cm³/mol. The van der Waals surface area contributed by atoms with Crippen molar-refractivity contribution in [3.8, 4) is 11.5 Å². The molecular weight excluding hydrogens is 280 g/mol. The second kappa shape index (κ2) is 8.47. The van der Waals surface area contributed by atoms with Crippen molar-refractivity contribution in [3.63, 3.8) is 0 Å². The van der Waals surface area contributed by atoms with Crippen molar-refractivity contribution in [3.05, 3.63) is 29.8 Å². The summed E-state index contributed by atoms with van der Waals surface area (Å²) >= 11 is 0. The Morgan fingerprint density at radius 2 is 1.86 bits per heavy atom. The maximum absolute atomic E-state index is 11.8. The van der Waals surface area contributed by atoms with Gasteiger partial charge in [-0.2, -0.15) is 0 Å². The molecule has 22 heavy (non-hydrogen) atoms. The van der Waals surface area contributed by atoms with Crippen molar-refractivity contribution in [2.75, 3.05) is 20.8 Å². The van der Waals surface area contributed by atoms with Gasteiger partial charge in [-0.25, -0.2) is 0 Å². The highest BCUT2D eigenvalue weighted by atomic mass is 16.5. The van der Waals surface area contributed by atoms with E-state index in [9.17, 15) is 4.79 Å². The Hall–Kier alpha value is -1.97. The second-order valence-corrected chi connectivity index (χ2v) is 5.68. The molecule has 0 aromatic heterocycles. The molecule has 0 N–H and O–H groups in total. The normalized spacial score (nSPS) is 11.5. The van der Waals surface area contributed by atoms with Crippen molar-refractivity contribution in [1.29, 1.82) is 0 Å². The number of carbonyl (C=O) groups excluding carboxylic acids is 1. The molecule has 0 aliphatic carbocycles. The number of esters is 1. The van der Waals surface area contributed by atoms with E-state index in [1.165, 1.54) is 0 Å². The summed E-state index contributed by atoms with van der Waals surface area (Å²) < 4.78 is 15.7. The van der Waals surface area contributed by atoms with Crippen LogP contribution < -0.4 is 9.47 Å². The molecule has 0 radical (unpaired) electrons. The quantitative estimate of drug-likeness (QED) is 0.536.